The fourth-order valence-corrected chi connectivity index (χ4v) is 8.94. The van der Waals surface area contributed by atoms with Gasteiger partial charge in [-0.1, -0.05) is 146 Å². The highest BCUT2D eigenvalue weighted by Gasteiger charge is 2.17. The number of para-hydroxylation sites is 2. The van der Waals surface area contributed by atoms with Gasteiger partial charge in [0.25, 0.3) is 0 Å². The molecule has 0 radical (unpaired) electrons. The SMILES string of the molecule is Cc1cccc(C)c1-c1cncn1-c1ccccc1-c1cccc(CCc2cccc(CCc3cccc(-c4ccccc4-n4cncc4-c4c(C)cccc4C)c3)c2)c1. The van der Waals surface area contributed by atoms with Crippen LogP contribution >= 0.6 is 0 Å². The molecule has 0 saturated carbocycles. The molecule has 0 bridgehead atoms. The summed E-state index contributed by atoms with van der Waals surface area (Å²) >= 11 is 0. The van der Waals surface area contributed by atoms with Crippen LogP contribution in [0.1, 0.15) is 44.5 Å². The lowest BCUT2D eigenvalue weighted by atomic mass is 9.95. The molecule has 9 aromatic rings. The molecule has 4 nitrogen and oxygen atoms in total. The van der Waals surface area contributed by atoms with Crippen LogP contribution in [0.4, 0.5) is 0 Å². The van der Waals surface area contributed by atoms with Gasteiger partial charge in [0.1, 0.15) is 0 Å². The molecule has 4 heteroatoms. The molecule has 7 aromatic carbocycles. The van der Waals surface area contributed by atoms with Crippen molar-refractivity contribution in [2.45, 2.75) is 53.4 Å². The Morgan fingerprint density at radius 1 is 0.367 bits per heavy atom. The van der Waals surface area contributed by atoms with Gasteiger partial charge in [-0.05, 0) is 121 Å². The molecule has 0 spiro atoms. The first kappa shape index (κ1) is 38.5. The van der Waals surface area contributed by atoms with Crippen molar-refractivity contribution in [3.05, 3.63) is 227 Å². The zero-order chi connectivity index (χ0) is 41.0. The molecular weight excluding hydrogens is 729 g/mol. The summed E-state index contributed by atoms with van der Waals surface area (Å²) in [6.07, 6.45) is 11.8. The van der Waals surface area contributed by atoms with Crippen LogP contribution in [0.25, 0.3) is 56.1 Å². The van der Waals surface area contributed by atoms with Crippen molar-refractivity contribution in [1.29, 1.82) is 0 Å². The van der Waals surface area contributed by atoms with Crippen molar-refractivity contribution >= 4 is 0 Å². The van der Waals surface area contributed by atoms with E-state index in [1.165, 1.54) is 77.9 Å². The second-order valence-corrected chi connectivity index (χ2v) is 16.1. The van der Waals surface area contributed by atoms with Gasteiger partial charge in [0.15, 0.2) is 0 Å². The molecule has 60 heavy (non-hydrogen) atoms. The number of imidazole rings is 2. The monoisotopic (exact) mass is 778 g/mol. The quantitative estimate of drug-likeness (QED) is 0.124. The molecule has 0 aliphatic rings. The average molecular weight is 779 g/mol. The number of aryl methyl sites for hydroxylation is 8. The lowest BCUT2D eigenvalue weighted by molar-refractivity contribution is 0.931. The van der Waals surface area contributed by atoms with Crippen molar-refractivity contribution < 1.29 is 0 Å². The summed E-state index contributed by atoms with van der Waals surface area (Å²) in [5.41, 5.74) is 22.2. The Labute approximate surface area is 354 Å². The number of hydrogen-bond donors (Lipinski definition) is 0. The molecule has 0 aliphatic carbocycles. The van der Waals surface area contributed by atoms with Crippen molar-refractivity contribution in [3.63, 3.8) is 0 Å². The summed E-state index contributed by atoms with van der Waals surface area (Å²) in [5.74, 6) is 0. The maximum Gasteiger partial charge on any atom is 0.0997 e. The Bertz CT molecular complexity index is 2710. The average Bonchev–Trinajstić information content (AvgIpc) is 3.96. The highest BCUT2D eigenvalue weighted by molar-refractivity contribution is 5.78. The number of hydrogen-bond acceptors (Lipinski definition) is 2. The molecule has 0 saturated heterocycles. The Kier molecular flexibility index (Phi) is 10.9. The summed E-state index contributed by atoms with van der Waals surface area (Å²) in [5, 5.41) is 0. The Balaban J connectivity index is 0.896. The largest absolute Gasteiger partial charge is 0.298 e. The van der Waals surface area contributed by atoms with Crippen molar-refractivity contribution in [2.24, 2.45) is 0 Å². The van der Waals surface area contributed by atoms with E-state index in [1.807, 2.05) is 25.0 Å². The fourth-order valence-electron chi connectivity index (χ4n) is 8.94. The van der Waals surface area contributed by atoms with Crippen LogP contribution in [-0.4, -0.2) is 19.1 Å². The van der Waals surface area contributed by atoms with Gasteiger partial charge in [-0.25, -0.2) is 9.97 Å². The van der Waals surface area contributed by atoms with Crippen LogP contribution in [0.15, 0.2) is 183 Å². The molecule has 0 atom stereocenters. The maximum absolute atomic E-state index is 4.61. The van der Waals surface area contributed by atoms with Crippen LogP contribution in [0.2, 0.25) is 0 Å². The Hall–Kier alpha value is -7.04. The van der Waals surface area contributed by atoms with Gasteiger partial charge in [-0.3, -0.25) is 9.13 Å². The van der Waals surface area contributed by atoms with Gasteiger partial charge in [-0.2, -0.15) is 0 Å². The minimum Gasteiger partial charge on any atom is -0.298 e. The second-order valence-electron chi connectivity index (χ2n) is 16.1. The number of benzene rings is 7. The third-order valence-corrected chi connectivity index (χ3v) is 12.0. The van der Waals surface area contributed by atoms with E-state index in [-0.39, 0.29) is 0 Å². The van der Waals surface area contributed by atoms with Gasteiger partial charge in [0, 0.05) is 22.3 Å². The predicted molar refractivity (Wildman–Crippen MR) is 249 cm³/mol. The van der Waals surface area contributed by atoms with Crippen molar-refractivity contribution in [3.8, 4) is 56.1 Å². The first-order valence-corrected chi connectivity index (χ1v) is 21.0. The highest BCUT2D eigenvalue weighted by Crippen LogP contribution is 2.36. The van der Waals surface area contributed by atoms with Crippen LogP contribution in [0.3, 0.4) is 0 Å². The van der Waals surface area contributed by atoms with Crippen LogP contribution in [0.5, 0.6) is 0 Å². The Morgan fingerprint density at radius 2 is 0.717 bits per heavy atom. The molecule has 0 unspecified atom stereocenters. The summed E-state index contributed by atoms with van der Waals surface area (Å²) < 4.78 is 4.48. The van der Waals surface area contributed by atoms with E-state index in [4.69, 9.17) is 0 Å². The van der Waals surface area contributed by atoms with E-state index in [2.05, 4.69) is 205 Å². The third kappa shape index (κ3) is 7.89. The topological polar surface area (TPSA) is 35.6 Å². The lowest BCUT2D eigenvalue weighted by Crippen LogP contribution is -2.01. The molecule has 2 heterocycles. The normalized spacial score (nSPS) is 11.3. The van der Waals surface area contributed by atoms with Gasteiger partial charge in [0.2, 0.25) is 0 Å². The standard InChI is InChI=1S/C56H50N4/c1-39-14-9-15-40(2)55(39)53-35-57-37-59(53)51-26-7-5-24-49(51)47-22-12-20-45(33-47)30-28-43-18-11-19-44(32-43)29-31-46-21-13-23-48(34-46)50-25-6-8-27-52(50)60-38-58-36-54(60)56-41(3)16-10-17-42(56)4/h5-27,32-38H,28-31H2,1-4H3. The van der Waals surface area contributed by atoms with Crippen molar-refractivity contribution in [2.75, 3.05) is 0 Å². The zero-order valence-corrected chi connectivity index (χ0v) is 34.9. The smallest absolute Gasteiger partial charge is 0.0997 e. The molecule has 0 N–H and O–H groups in total. The van der Waals surface area contributed by atoms with Crippen molar-refractivity contribution in [1.82, 2.24) is 19.1 Å². The van der Waals surface area contributed by atoms with E-state index in [0.29, 0.717) is 0 Å². The molecule has 0 fully saturated rings. The fraction of sp³-hybridized carbons (Fsp3) is 0.143. The summed E-state index contributed by atoms with van der Waals surface area (Å²) in [6.45, 7) is 8.71. The Morgan fingerprint density at radius 3 is 1.13 bits per heavy atom. The predicted octanol–water partition coefficient (Wildman–Crippen LogP) is 13.5. The third-order valence-electron chi connectivity index (χ3n) is 12.0. The van der Waals surface area contributed by atoms with Gasteiger partial charge in [-0.15, -0.1) is 0 Å². The van der Waals surface area contributed by atoms with Crippen LogP contribution in [-0.2, 0) is 25.7 Å². The second kappa shape index (κ2) is 17.1. The molecule has 0 amide bonds. The van der Waals surface area contributed by atoms with Gasteiger partial charge < -0.3 is 0 Å². The zero-order valence-electron chi connectivity index (χ0n) is 34.9. The summed E-state index contributed by atoms with van der Waals surface area (Å²) in [7, 11) is 0. The van der Waals surface area contributed by atoms with Crippen LogP contribution < -0.4 is 0 Å². The molecule has 9 rings (SSSR count). The number of aromatic nitrogens is 4. The number of rotatable bonds is 12. The first-order valence-electron chi connectivity index (χ1n) is 21.0. The van der Waals surface area contributed by atoms with E-state index in [9.17, 15) is 0 Å². The van der Waals surface area contributed by atoms with E-state index in [0.717, 1.165) is 48.4 Å². The minimum absolute atomic E-state index is 0.974. The molecular formula is C56H50N4. The molecule has 0 aliphatic heterocycles. The molecule has 294 valence electrons. The van der Waals surface area contributed by atoms with Gasteiger partial charge >= 0.3 is 0 Å². The molecule has 2 aromatic heterocycles. The number of nitrogens with zero attached hydrogens (tertiary/aromatic N) is 4. The summed E-state index contributed by atoms with van der Waals surface area (Å²) in [4.78, 5) is 9.23. The maximum atomic E-state index is 4.61. The first-order chi connectivity index (χ1) is 29.4. The highest BCUT2D eigenvalue weighted by atomic mass is 15.1. The van der Waals surface area contributed by atoms with E-state index >= 15 is 0 Å². The van der Waals surface area contributed by atoms with Crippen LogP contribution in [0, 0.1) is 27.7 Å². The lowest BCUT2D eigenvalue weighted by Gasteiger charge is -2.17. The van der Waals surface area contributed by atoms with Gasteiger partial charge in [0.05, 0.1) is 47.8 Å². The summed E-state index contributed by atoms with van der Waals surface area (Å²) in [6, 6.07) is 57.6. The van der Waals surface area contributed by atoms with E-state index in [1.54, 1.807) is 0 Å². The van der Waals surface area contributed by atoms with E-state index < -0.39 is 0 Å². The minimum atomic E-state index is 0.974.